The molecule has 108 valence electrons. The van der Waals surface area contributed by atoms with E-state index >= 15 is 0 Å². The maximum absolute atomic E-state index is 12.1. The first-order valence-electron chi connectivity index (χ1n) is 6.34. The van der Waals surface area contributed by atoms with Crippen LogP contribution in [0.5, 0.6) is 0 Å². The predicted molar refractivity (Wildman–Crippen MR) is 74.9 cm³/mol. The largest absolute Gasteiger partial charge is 0.378 e. The number of ether oxygens (including phenoxy) is 1. The zero-order chi connectivity index (χ0) is 14.6. The summed E-state index contributed by atoms with van der Waals surface area (Å²) in [6.07, 6.45) is 2.74. The number of benzene rings is 1. The van der Waals surface area contributed by atoms with Gasteiger partial charge in [0.2, 0.25) is 10.0 Å². The lowest BCUT2D eigenvalue weighted by atomic mass is 10.2. The van der Waals surface area contributed by atoms with Gasteiger partial charge < -0.3 is 4.74 Å². The quantitative estimate of drug-likeness (QED) is 0.902. The fraction of sp³-hybridized carbons (Fsp3) is 0.462. The molecule has 0 amide bonds. The van der Waals surface area contributed by atoms with Crippen molar-refractivity contribution in [1.82, 2.24) is 4.72 Å². The molecule has 1 unspecified atom stereocenters. The lowest BCUT2D eigenvalue weighted by molar-refractivity contribution is 0.105. The van der Waals surface area contributed by atoms with Gasteiger partial charge in [0.05, 0.1) is 22.8 Å². The van der Waals surface area contributed by atoms with Crippen molar-refractivity contribution in [3.05, 3.63) is 28.8 Å². The third-order valence-corrected chi connectivity index (χ3v) is 5.07. The molecule has 1 fully saturated rings. The Morgan fingerprint density at radius 3 is 2.95 bits per heavy atom. The molecule has 1 saturated heterocycles. The normalized spacial score (nSPS) is 18.9. The highest BCUT2D eigenvalue weighted by atomic mass is 35.5. The highest BCUT2D eigenvalue weighted by Gasteiger charge is 2.20. The molecule has 1 N–H and O–H groups in total. The fourth-order valence-corrected chi connectivity index (χ4v) is 3.65. The molecule has 1 aliphatic rings. The highest BCUT2D eigenvalue weighted by molar-refractivity contribution is 7.89. The molecule has 1 aromatic rings. The van der Waals surface area contributed by atoms with E-state index in [9.17, 15) is 8.42 Å². The summed E-state index contributed by atoms with van der Waals surface area (Å²) >= 11 is 5.89. The summed E-state index contributed by atoms with van der Waals surface area (Å²) in [6.45, 7) is 1.04. The van der Waals surface area contributed by atoms with E-state index in [1.165, 1.54) is 18.2 Å². The van der Waals surface area contributed by atoms with Gasteiger partial charge in [-0.15, -0.1) is 0 Å². The second-order valence-electron chi connectivity index (χ2n) is 4.58. The molecule has 1 aliphatic heterocycles. The van der Waals surface area contributed by atoms with Crippen molar-refractivity contribution in [3.63, 3.8) is 0 Å². The molecule has 1 heterocycles. The van der Waals surface area contributed by atoms with Crippen LogP contribution in [0.1, 0.15) is 24.8 Å². The molecule has 2 rings (SSSR count). The first-order chi connectivity index (χ1) is 9.53. The zero-order valence-corrected chi connectivity index (χ0v) is 12.4. The molecule has 0 saturated carbocycles. The van der Waals surface area contributed by atoms with Crippen LogP contribution in [-0.2, 0) is 14.8 Å². The molecule has 1 atom stereocenters. The molecule has 0 aromatic heterocycles. The van der Waals surface area contributed by atoms with Crippen LogP contribution in [0, 0.1) is 11.3 Å². The molecular formula is C13H15ClN2O3S. The van der Waals surface area contributed by atoms with Crippen molar-refractivity contribution in [2.45, 2.75) is 30.3 Å². The number of rotatable bonds is 5. The van der Waals surface area contributed by atoms with E-state index < -0.39 is 10.0 Å². The number of nitrogens with zero attached hydrogens (tertiary/aromatic N) is 1. The summed E-state index contributed by atoms with van der Waals surface area (Å²) in [5.41, 5.74) is 0.258. The second kappa shape index (κ2) is 6.55. The highest BCUT2D eigenvalue weighted by Crippen LogP contribution is 2.22. The zero-order valence-electron chi connectivity index (χ0n) is 10.8. The minimum absolute atomic E-state index is 0.0643. The topological polar surface area (TPSA) is 79.2 Å². The van der Waals surface area contributed by atoms with Gasteiger partial charge in [0, 0.05) is 13.2 Å². The average molecular weight is 315 g/mol. The Labute approximate surface area is 123 Å². The standard InChI is InChI=1S/C13H15ClN2O3S/c14-12-4-3-10(9-15)8-13(12)20(17,18)16-6-5-11-2-1-7-19-11/h3-4,8,11,16H,1-2,5-7H2. The van der Waals surface area contributed by atoms with Gasteiger partial charge in [-0.1, -0.05) is 11.6 Å². The van der Waals surface area contributed by atoms with E-state index in [0.717, 1.165) is 19.4 Å². The third kappa shape index (κ3) is 3.70. The summed E-state index contributed by atoms with van der Waals surface area (Å²) in [6, 6.07) is 6.06. The predicted octanol–water partition coefficient (Wildman–Crippen LogP) is 2.06. The molecule has 20 heavy (non-hydrogen) atoms. The number of nitrogens with one attached hydrogen (secondary N) is 1. The SMILES string of the molecule is N#Cc1ccc(Cl)c(S(=O)(=O)NCCC2CCCO2)c1. The Balaban J connectivity index is 2.04. The average Bonchev–Trinajstić information content (AvgIpc) is 2.92. The van der Waals surface area contributed by atoms with Crippen LogP contribution >= 0.6 is 11.6 Å². The van der Waals surface area contributed by atoms with Gasteiger partial charge in [-0.05, 0) is 37.5 Å². The Morgan fingerprint density at radius 1 is 1.50 bits per heavy atom. The molecular weight excluding hydrogens is 300 g/mol. The number of nitriles is 1. The Kier molecular flexibility index (Phi) is 5.00. The first-order valence-corrected chi connectivity index (χ1v) is 8.20. The van der Waals surface area contributed by atoms with Gasteiger partial charge in [-0.25, -0.2) is 13.1 Å². The van der Waals surface area contributed by atoms with Gasteiger partial charge in [0.15, 0.2) is 0 Å². The number of hydrogen-bond acceptors (Lipinski definition) is 4. The number of sulfonamides is 1. The summed E-state index contributed by atoms with van der Waals surface area (Å²) in [7, 11) is -3.70. The van der Waals surface area contributed by atoms with Crippen molar-refractivity contribution in [2.75, 3.05) is 13.2 Å². The van der Waals surface area contributed by atoms with E-state index in [0.29, 0.717) is 13.0 Å². The minimum atomic E-state index is -3.70. The Morgan fingerprint density at radius 2 is 2.30 bits per heavy atom. The van der Waals surface area contributed by atoms with E-state index in [1.54, 1.807) is 0 Å². The molecule has 1 aromatic carbocycles. The molecule has 0 bridgehead atoms. The van der Waals surface area contributed by atoms with Crippen LogP contribution in [0.25, 0.3) is 0 Å². The van der Waals surface area contributed by atoms with Gasteiger partial charge >= 0.3 is 0 Å². The lowest BCUT2D eigenvalue weighted by Gasteiger charge is -2.11. The summed E-state index contributed by atoms with van der Waals surface area (Å²) < 4.78 is 32.2. The minimum Gasteiger partial charge on any atom is -0.378 e. The van der Waals surface area contributed by atoms with Gasteiger partial charge in [0.1, 0.15) is 4.90 Å². The molecule has 0 spiro atoms. The van der Waals surface area contributed by atoms with Crippen LogP contribution in [0.4, 0.5) is 0 Å². The Hall–Kier alpha value is -1.13. The van der Waals surface area contributed by atoms with Gasteiger partial charge in [-0.2, -0.15) is 5.26 Å². The Bertz CT molecular complexity index is 619. The van der Waals surface area contributed by atoms with Crippen LogP contribution in [0.3, 0.4) is 0 Å². The third-order valence-electron chi connectivity index (χ3n) is 3.13. The molecule has 0 radical (unpaired) electrons. The monoisotopic (exact) mass is 314 g/mol. The first kappa shape index (κ1) is 15.3. The summed E-state index contributed by atoms with van der Waals surface area (Å²) in [5, 5.41) is 8.92. The molecule has 5 nitrogen and oxygen atoms in total. The van der Waals surface area contributed by atoms with Gasteiger partial charge in [-0.3, -0.25) is 0 Å². The molecule has 7 heteroatoms. The number of hydrogen-bond donors (Lipinski definition) is 1. The summed E-state index contributed by atoms with van der Waals surface area (Å²) in [4.78, 5) is -0.0643. The molecule has 0 aliphatic carbocycles. The smallest absolute Gasteiger partial charge is 0.242 e. The summed E-state index contributed by atoms with van der Waals surface area (Å²) in [5.74, 6) is 0. The maximum Gasteiger partial charge on any atom is 0.242 e. The lowest BCUT2D eigenvalue weighted by Crippen LogP contribution is -2.27. The van der Waals surface area contributed by atoms with E-state index in [4.69, 9.17) is 21.6 Å². The van der Waals surface area contributed by atoms with Crippen LogP contribution in [0.2, 0.25) is 5.02 Å². The van der Waals surface area contributed by atoms with Crippen molar-refractivity contribution in [3.8, 4) is 6.07 Å². The van der Waals surface area contributed by atoms with Crippen molar-refractivity contribution < 1.29 is 13.2 Å². The maximum atomic E-state index is 12.1. The van der Waals surface area contributed by atoms with Crippen molar-refractivity contribution in [2.24, 2.45) is 0 Å². The van der Waals surface area contributed by atoms with E-state index in [2.05, 4.69) is 4.72 Å². The van der Waals surface area contributed by atoms with Crippen molar-refractivity contribution >= 4 is 21.6 Å². The number of halogens is 1. The van der Waals surface area contributed by atoms with Crippen LogP contribution < -0.4 is 4.72 Å². The van der Waals surface area contributed by atoms with E-state index in [1.807, 2.05) is 6.07 Å². The fourth-order valence-electron chi connectivity index (χ4n) is 2.08. The second-order valence-corrected chi connectivity index (χ2v) is 6.72. The van der Waals surface area contributed by atoms with Crippen LogP contribution in [-0.4, -0.2) is 27.7 Å². The van der Waals surface area contributed by atoms with Gasteiger partial charge in [0.25, 0.3) is 0 Å². The van der Waals surface area contributed by atoms with Crippen molar-refractivity contribution in [1.29, 1.82) is 5.26 Å². The van der Waals surface area contributed by atoms with Crippen LogP contribution in [0.15, 0.2) is 23.1 Å². The van der Waals surface area contributed by atoms with E-state index in [-0.39, 0.29) is 21.6 Å².